The highest BCUT2D eigenvalue weighted by Crippen LogP contribution is 2.00. The first-order chi connectivity index (χ1) is 7.56. The van der Waals surface area contributed by atoms with E-state index in [1.165, 1.54) is 4.90 Å². The maximum atomic E-state index is 11.6. The average molecular weight is 248 g/mol. The lowest BCUT2D eigenvalue weighted by atomic mass is 10.3. The van der Waals surface area contributed by atoms with Crippen LogP contribution in [0, 0.1) is 0 Å². The van der Waals surface area contributed by atoms with E-state index in [0.29, 0.717) is 13.1 Å². The van der Waals surface area contributed by atoms with E-state index in [0.717, 1.165) is 12.8 Å². The van der Waals surface area contributed by atoms with Crippen molar-refractivity contribution in [2.45, 2.75) is 32.7 Å². The molecule has 6 heteroatoms. The Kier molecular flexibility index (Phi) is 8.01. The van der Waals surface area contributed by atoms with E-state index >= 15 is 0 Å². The Balaban J connectivity index is 4.23. The molecule has 0 aliphatic carbocycles. The largest absolute Gasteiger partial charge is 0.417 e. The Morgan fingerprint density at radius 1 is 1.31 bits per heavy atom. The van der Waals surface area contributed by atoms with Gasteiger partial charge in [-0.15, -0.1) is 0 Å². The molecule has 16 heavy (non-hydrogen) atoms. The van der Waals surface area contributed by atoms with Crippen molar-refractivity contribution in [2.75, 3.05) is 18.8 Å². The minimum absolute atomic E-state index is 0.160. The number of ether oxygens (including phenoxy) is 1. The molecule has 1 atom stereocenters. The lowest BCUT2D eigenvalue weighted by molar-refractivity contribution is -0.139. The molecule has 1 amide bonds. The van der Waals surface area contributed by atoms with Crippen LogP contribution in [0.15, 0.2) is 0 Å². The normalized spacial score (nSPS) is 12.0. The third-order valence-corrected chi connectivity index (χ3v) is 2.33. The molecule has 0 fully saturated rings. The van der Waals surface area contributed by atoms with Crippen LogP contribution in [0.5, 0.6) is 0 Å². The quantitative estimate of drug-likeness (QED) is 0.418. The molecule has 0 aliphatic heterocycles. The minimum atomic E-state index is -0.850. The van der Waals surface area contributed by atoms with Gasteiger partial charge in [0.2, 0.25) is 0 Å². The topological polar surface area (TPSA) is 72.6 Å². The molecule has 0 aromatic heterocycles. The third-order valence-electron chi connectivity index (χ3n) is 1.93. The molecule has 0 heterocycles. The van der Waals surface area contributed by atoms with E-state index in [4.69, 9.17) is 5.73 Å². The van der Waals surface area contributed by atoms with Gasteiger partial charge in [-0.2, -0.15) is 12.6 Å². The molecule has 0 radical (unpaired) electrons. The van der Waals surface area contributed by atoms with E-state index in [-0.39, 0.29) is 5.75 Å². The number of hydrogen-bond acceptors (Lipinski definition) is 5. The van der Waals surface area contributed by atoms with Gasteiger partial charge in [-0.3, -0.25) is 0 Å². The fourth-order valence-corrected chi connectivity index (χ4v) is 1.28. The summed E-state index contributed by atoms with van der Waals surface area (Å²) in [7, 11) is 0. The van der Waals surface area contributed by atoms with Crippen molar-refractivity contribution in [3.05, 3.63) is 0 Å². The second-order valence-corrected chi connectivity index (χ2v) is 3.83. The average Bonchev–Trinajstić information content (AvgIpc) is 2.27. The lowest BCUT2D eigenvalue weighted by Crippen LogP contribution is -2.40. The second kappa shape index (κ2) is 8.41. The van der Waals surface area contributed by atoms with Gasteiger partial charge in [-0.25, -0.2) is 9.59 Å². The van der Waals surface area contributed by atoms with Crippen LogP contribution in [0.3, 0.4) is 0 Å². The van der Waals surface area contributed by atoms with E-state index in [9.17, 15) is 9.59 Å². The number of rotatable bonds is 6. The van der Waals surface area contributed by atoms with Crippen LogP contribution < -0.4 is 5.73 Å². The van der Waals surface area contributed by atoms with Crippen LogP contribution in [-0.4, -0.2) is 41.8 Å². The number of thiol groups is 1. The Bertz CT molecular complexity index is 230. The zero-order valence-electron chi connectivity index (χ0n) is 9.81. The van der Waals surface area contributed by atoms with Gasteiger partial charge >= 0.3 is 12.1 Å². The molecule has 0 spiro atoms. The summed E-state index contributed by atoms with van der Waals surface area (Å²) < 4.78 is 4.64. The van der Waals surface area contributed by atoms with Crippen LogP contribution in [0.4, 0.5) is 4.79 Å². The third kappa shape index (κ3) is 5.37. The monoisotopic (exact) mass is 248 g/mol. The number of hydrogen-bond donors (Lipinski definition) is 2. The molecule has 0 aliphatic rings. The highest BCUT2D eigenvalue weighted by atomic mass is 32.1. The first-order valence-corrected chi connectivity index (χ1v) is 6.07. The van der Waals surface area contributed by atoms with Crippen molar-refractivity contribution >= 4 is 24.7 Å². The predicted octanol–water partition coefficient (Wildman–Crippen LogP) is 1.03. The predicted molar refractivity (Wildman–Crippen MR) is 65.5 cm³/mol. The Morgan fingerprint density at radius 3 is 2.19 bits per heavy atom. The van der Waals surface area contributed by atoms with Gasteiger partial charge in [0.15, 0.2) is 0 Å². The van der Waals surface area contributed by atoms with E-state index < -0.39 is 18.1 Å². The molecule has 0 aromatic carbocycles. The molecule has 0 aromatic rings. The van der Waals surface area contributed by atoms with Crippen LogP contribution in [-0.2, 0) is 9.53 Å². The summed E-state index contributed by atoms with van der Waals surface area (Å²) in [5.74, 6) is -0.564. The summed E-state index contributed by atoms with van der Waals surface area (Å²) in [6.07, 6.45) is 1.02. The van der Waals surface area contributed by atoms with Gasteiger partial charge in [0.1, 0.15) is 6.04 Å². The van der Waals surface area contributed by atoms with Gasteiger partial charge in [-0.1, -0.05) is 13.8 Å². The number of esters is 1. The molecule has 2 N–H and O–H groups in total. The van der Waals surface area contributed by atoms with Gasteiger partial charge < -0.3 is 15.4 Å². The lowest BCUT2D eigenvalue weighted by Gasteiger charge is -2.20. The number of carbonyl (C=O) groups is 2. The molecule has 0 bridgehead atoms. The summed E-state index contributed by atoms with van der Waals surface area (Å²) in [6.45, 7) is 5.07. The molecular weight excluding hydrogens is 228 g/mol. The molecule has 0 rings (SSSR count). The summed E-state index contributed by atoms with van der Waals surface area (Å²) >= 11 is 3.86. The minimum Gasteiger partial charge on any atom is -0.375 e. The molecule has 0 unspecified atom stereocenters. The maximum Gasteiger partial charge on any atom is 0.417 e. The smallest absolute Gasteiger partial charge is 0.375 e. The Labute approximate surface area is 102 Å². The van der Waals surface area contributed by atoms with Crippen LogP contribution >= 0.6 is 12.6 Å². The van der Waals surface area contributed by atoms with Crippen molar-refractivity contribution in [2.24, 2.45) is 5.73 Å². The Hall–Kier alpha value is -0.750. The van der Waals surface area contributed by atoms with Crippen molar-refractivity contribution in [1.29, 1.82) is 0 Å². The van der Waals surface area contributed by atoms with Crippen molar-refractivity contribution < 1.29 is 14.3 Å². The summed E-state index contributed by atoms with van der Waals surface area (Å²) in [5.41, 5.74) is 5.39. The highest BCUT2D eigenvalue weighted by Gasteiger charge is 2.21. The highest BCUT2D eigenvalue weighted by molar-refractivity contribution is 7.80. The van der Waals surface area contributed by atoms with E-state index in [1.807, 2.05) is 13.8 Å². The molecule has 94 valence electrons. The number of amides is 1. The Morgan fingerprint density at radius 2 is 1.81 bits per heavy atom. The van der Waals surface area contributed by atoms with Crippen molar-refractivity contribution in [1.82, 2.24) is 4.90 Å². The SMILES string of the molecule is CCCN(CCC)C(=O)OC(=O)[C@@H](N)CS. The molecule has 5 nitrogen and oxygen atoms in total. The zero-order chi connectivity index (χ0) is 12.6. The maximum absolute atomic E-state index is 11.6. The van der Waals surface area contributed by atoms with Crippen molar-refractivity contribution in [3.8, 4) is 0 Å². The standard InChI is InChI=1S/C10H20N2O3S/c1-3-5-12(6-4-2)10(14)15-9(13)8(11)7-16/h8,16H,3-7,11H2,1-2H3/t8-/m0/s1. The second-order valence-electron chi connectivity index (χ2n) is 3.46. The van der Waals surface area contributed by atoms with E-state index in [1.54, 1.807) is 0 Å². The first kappa shape index (κ1) is 15.2. The fourth-order valence-electron chi connectivity index (χ4n) is 1.14. The zero-order valence-corrected chi connectivity index (χ0v) is 10.7. The summed E-state index contributed by atoms with van der Waals surface area (Å²) in [5, 5.41) is 0. The van der Waals surface area contributed by atoms with Crippen LogP contribution in [0.1, 0.15) is 26.7 Å². The molecule has 0 saturated carbocycles. The van der Waals surface area contributed by atoms with Crippen LogP contribution in [0.2, 0.25) is 0 Å². The molecular formula is C10H20N2O3S. The number of nitrogens with zero attached hydrogens (tertiary/aromatic N) is 1. The number of carbonyl (C=O) groups excluding carboxylic acids is 2. The summed E-state index contributed by atoms with van der Waals surface area (Å²) in [4.78, 5) is 24.3. The van der Waals surface area contributed by atoms with Gasteiger partial charge in [0.05, 0.1) is 0 Å². The van der Waals surface area contributed by atoms with Crippen LogP contribution in [0.25, 0.3) is 0 Å². The molecule has 0 saturated heterocycles. The van der Waals surface area contributed by atoms with Gasteiger partial charge in [0.25, 0.3) is 0 Å². The van der Waals surface area contributed by atoms with Gasteiger partial charge in [0, 0.05) is 18.8 Å². The van der Waals surface area contributed by atoms with Gasteiger partial charge in [-0.05, 0) is 12.8 Å². The summed E-state index contributed by atoms with van der Waals surface area (Å²) in [6, 6.07) is -0.850. The van der Waals surface area contributed by atoms with E-state index in [2.05, 4.69) is 17.4 Å². The fraction of sp³-hybridized carbons (Fsp3) is 0.800. The number of nitrogens with two attached hydrogens (primary N) is 1. The van der Waals surface area contributed by atoms with Crippen molar-refractivity contribution in [3.63, 3.8) is 0 Å². The first-order valence-electron chi connectivity index (χ1n) is 5.43.